The zero-order valence-electron chi connectivity index (χ0n) is 4.61. The molecule has 0 radical (unpaired) electrons. The lowest BCUT2D eigenvalue weighted by Crippen LogP contribution is -1.80. The fourth-order valence-corrected chi connectivity index (χ4v) is 1.63. The highest BCUT2D eigenvalue weighted by Crippen LogP contribution is 2.19. The van der Waals surface area contributed by atoms with Gasteiger partial charge in [-0.2, -0.15) is 4.73 Å². The molecule has 0 spiro atoms. The molecule has 2 aromatic rings. The Morgan fingerprint density at radius 1 is 1.44 bits per heavy atom. The summed E-state index contributed by atoms with van der Waals surface area (Å²) >= 11 is 1.53. The Labute approximate surface area is 55.9 Å². The number of hydrogen-bond donors (Lipinski definition) is 1. The van der Waals surface area contributed by atoms with Gasteiger partial charge in [-0.1, -0.05) is 0 Å². The lowest BCUT2D eigenvalue weighted by molar-refractivity contribution is 0.201. The van der Waals surface area contributed by atoms with Crippen molar-refractivity contribution < 1.29 is 5.21 Å². The average molecular weight is 139 g/mol. The third-order valence-electron chi connectivity index (χ3n) is 1.28. The molecule has 0 unspecified atom stereocenters. The number of hydrogen-bond acceptors (Lipinski definition) is 2. The quantitative estimate of drug-likeness (QED) is 0.554. The summed E-state index contributed by atoms with van der Waals surface area (Å²) in [6.45, 7) is 0. The molecule has 0 saturated carbocycles. The van der Waals surface area contributed by atoms with Crippen molar-refractivity contribution in [2.24, 2.45) is 0 Å². The molecule has 2 aromatic heterocycles. The highest BCUT2D eigenvalue weighted by molar-refractivity contribution is 7.16. The summed E-state index contributed by atoms with van der Waals surface area (Å²) in [4.78, 5) is 0.912. The Kier molecular flexibility index (Phi) is 0.818. The van der Waals surface area contributed by atoms with Gasteiger partial charge in [-0.15, -0.1) is 11.3 Å². The third kappa shape index (κ3) is 0.549. The van der Waals surface area contributed by atoms with Crippen molar-refractivity contribution >= 4 is 21.6 Å². The second-order valence-electron chi connectivity index (χ2n) is 1.84. The molecule has 2 heterocycles. The van der Waals surface area contributed by atoms with Crippen LogP contribution in [0.2, 0.25) is 0 Å². The molecule has 0 amide bonds. The van der Waals surface area contributed by atoms with Crippen molar-refractivity contribution in [3.8, 4) is 0 Å². The topological polar surface area (TPSA) is 25.2 Å². The van der Waals surface area contributed by atoms with Crippen LogP contribution in [-0.4, -0.2) is 9.94 Å². The highest BCUT2D eigenvalue weighted by atomic mass is 32.1. The Morgan fingerprint density at radius 2 is 2.33 bits per heavy atom. The molecule has 0 aromatic carbocycles. The van der Waals surface area contributed by atoms with Crippen LogP contribution in [0.1, 0.15) is 0 Å². The first-order valence-corrected chi connectivity index (χ1v) is 3.50. The van der Waals surface area contributed by atoms with E-state index in [2.05, 4.69) is 0 Å². The molecule has 0 aliphatic heterocycles. The SMILES string of the molecule is On1ccc2ccsc21. The van der Waals surface area contributed by atoms with E-state index in [1.807, 2.05) is 17.5 Å². The van der Waals surface area contributed by atoms with E-state index in [4.69, 9.17) is 5.21 Å². The van der Waals surface area contributed by atoms with Crippen LogP contribution in [0.25, 0.3) is 10.2 Å². The van der Waals surface area contributed by atoms with Gasteiger partial charge in [0.25, 0.3) is 0 Å². The van der Waals surface area contributed by atoms with Crippen LogP contribution in [0.3, 0.4) is 0 Å². The van der Waals surface area contributed by atoms with Crippen LogP contribution >= 0.6 is 11.3 Å². The molecule has 0 aliphatic rings. The largest absolute Gasteiger partial charge is 0.428 e. The Bertz CT molecular complexity index is 322. The van der Waals surface area contributed by atoms with Crippen molar-refractivity contribution in [1.29, 1.82) is 0 Å². The van der Waals surface area contributed by atoms with Crippen LogP contribution in [0.5, 0.6) is 0 Å². The minimum absolute atomic E-state index is 0.912. The van der Waals surface area contributed by atoms with Gasteiger partial charge in [0.1, 0.15) is 4.83 Å². The van der Waals surface area contributed by atoms with E-state index in [9.17, 15) is 0 Å². The monoisotopic (exact) mass is 139 g/mol. The number of aromatic nitrogens is 1. The highest BCUT2D eigenvalue weighted by Gasteiger charge is 1.97. The summed E-state index contributed by atoms with van der Waals surface area (Å²) in [5, 5.41) is 12.1. The van der Waals surface area contributed by atoms with Gasteiger partial charge in [0.15, 0.2) is 0 Å². The molecule has 46 valence electrons. The summed E-state index contributed by atoms with van der Waals surface area (Å²) in [7, 11) is 0. The van der Waals surface area contributed by atoms with Crippen LogP contribution in [0, 0.1) is 0 Å². The first kappa shape index (κ1) is 4.88. The van der Waals surface area contributed by atoms with E-state index >= 15 is 0 Å². The predicted octanol–water partition coefficient (Wildman–Crippen LogP) is 1.94. The van der Waals surface area contributed by atoms with Gasteiger partial charge in [0.05, 0.1) is 0 Å². The van der Waals surface area contributed by atoms with Gasteiger partial charge >= 0.3 is 0 Å². The molecule has 1 N–H and O–H groups in total. The van der Waals surface area contributed by atoms with E-state index in [0.29, 0.717) is 0 Å². The summed E-state index contributed by atoms with van der Waals surface area (Å²) in [5.74, 6) is 0. The maximum Gasteiger partial charge on any atom is 0.139 e. The minimum atomic E-state index is 0.912. The molecular formula is C6H5NOS. The molecule has 9 heavy (non-hydrogen) atoms. The van der Waals surface area contributed by atoms with E-state index in [1.54, 1.807) is 6.20 Å². The Morgan fingerprint density at radius 3 is 3.11 bits per heavy atom. The molecule has 0 fully saturated rings. The van der Waals surface area contributed by atoms with Crippen LogP contribution < -0.4 is 0 Å². The van der Waals surface area contributed by atoms with Gasteiger partial charge in [-0.05, 0) is 17.5 Å². The van der Waals surface area contributed by atoms with Crippen LogP contribution in [0.4, 0.5) is 0 Å². The third-order valence-corrected chi connectivity index (χ3v) is 2.20. The van der Waals surface area contributed by atoms with Gasteiger partial charge in [-0.25, -0.2) is 0 Å². The smallest absolute Gasteiger partial charge is 0.139 e. The normalized spacial score (nSPS) is 10.7. The van der Waals surface area contributed by atoms with Gasteiger partial charge in [0.2, 0.25) is 0 Å². The molecule has 0 aliphatic carbocycles. The molecule has 2 rings (SSSR count). The van der Waals surface area contributed by atoms with Crippen LogP contribution in [-0.2, 0) is 0 Å². The number of thiophene rings is 1. The van der Waals surface area contributed by atoms with Gasteiger partial charge in [0, 0.05) is 11.6 Å². The van der Waals surface area contributed by atoms with Crippen LogP contribution in [0.15, 0.2) is 23.7 Å². The average Bonchev–Trinajstić information content (AvgIpc) is 2.35. The molecule has 3 heteroatoms. The standard InChI is InChI=1S/C6H5NOS/c8-7-3-1-5-2-4-9-6(5)7/h1-4,8H. The maximum absolute atomic E-state index is 9.03. The minimum Gasteiger partial charge on any atom is -0.428 e. The summed E-state index contributed by atoms with van der Waals surface area (Å²) in [6.07, 6.45) is 1.64. The zero-order chi connectivity index (χ0) is 6.27. The molecule has 0 atom stereocenters. The number of fused-ring (bicyclic) bond motifs is 1. The van der Waals surface area contributed by atoms with E-state index in [1.165, 1.54) is 11.3 Å². The summed E-state index contributed by atoms with van der Waals surface area (Å²) in [6, 6.07) is 3.86. The number of rotatable bonds is 0. The molecule has 0 bridgehead atoms. The molecule has 2 nitrogen and oxygen atoms in total. The van der Waals surface area contributed by atoms with Crippen molar-refractivity contribution in [3.05, 3.63) is 23.7 Å². The van der Waals surface area contributed by atoms with Crippen molar-refractivity contribution in [3.63, 3.8) is 0 Å². The lowest BCUT2D eigenvalue weighted by atomic mass is 10.4. The van der Waals surface area contributed by atoms with Crippen molar-refractivity contribution in [2.75, 3.05) is 0 Å². The second kappa shape index (κ2) is 1.51. The molecule has 0 saturated heterocycles. The second-order valence-corrected chi connectivity index (χ2v) is 2.74. The lowest BCUT2D eigenvalue weighted by Gasteiger charge is -1.84. The Hall–Kier alpha value is -0.960. The Balaban J connectivity index is 2.99. The fraction of sp³-hybridized carbons (Fsp3) is 0. The fourth-order valence-electron chi connectivity index (χ4n) is 0.843. The first-order valence-electron chi connectivity index (χ1n) is 2.62. The summed E-state index contributed by atoms with van der Waals surface area (Å²) in [5.41, 5.74) is 0. The van der Waals surface area contributed by atoms with E-state index in [-0.39, 0.29) is 0 Å². The van der Waals surface area contributed by atoms with Gasteiger partial charge in [-0.3, -0.25) is 0 Å². The van der Waals surface area contributed by atoms with Gasteiger partial charge < -0.3 is 5.21 Å². The summed E-state index contributed by atoms with van der Waals surface area (Å²) < 4.78 is 1.14. The first-order chi connectivity index (χ1) is 4.38. The maximum atomic E-state index is 9.03. The van der Waals surface area contributed by atoms with E-state index < -0.39 is 0 Å². The van der Waals surface area contributed by atoms with Crippen molar-refractivity contribution in [1.82, 2.24) is 4.73 Å². The number of nitrogens with zero attached hydrogens (tertiary/aromatic N) is 1. The predicted molar refractivity (Wildman–Crippen MR) is 37.0 cm³/mol. The zero-order valence-corrected chi connectivity index (χ0v) is 5.43. The van der Waals surface area contributed by atoms with E-state index in [0.717, 1.165) is 14.9 Å². The molecular weight excluding hydrogens is 134 g/mol. The van der Waals surface area contributed by atoms with Crippen molar-refractivity contribution in [2.45, 2.75) is 0 Å².